The molecule has 6 heteroatoms. The molecule has 0 saturated carbocycles. The van der Waals surface area contributed by atoms with Gasteiger partial charge in [0.1, 0.15) is 0 Å². The van der Waals surface area contributed by atoms with Gasteiger partial charge in [0.25, 0.3) is 5.91 Å². The van der Waals surface area contributed by atoms with Crippen LogP contribution < -0.4 is 15.8 Å². The van der Waals surface area contributed by atoms with Crippen molar-refractivity contribution in [3.8, 4) is 5.88 Å². The van der Waals surface area contributed by atoms with Crippen LogP contribution in [0.2, 0.25) is 0 Å². The maximum atomic E-state index is 11.1. The Labute approximate surface area is 106 Å². The van der Waals surface area contributed by atoms with E-state index in [-0.39, 0.29) is 11.6 Å². The first-order valence-electron chi connectivity index (χ1n) is 6.24. The van der Waals surface area contributed by atoms with Crippen LogP contribution in [0.15, 0.2) is 12.4 Å². The van der Waals surface area contributed by atoms with Gasteiger partial charge in [0.05, 0.1) is 6.61 Å². The lowest BCUT2D eigenvalue weighted by atomic mass is 10.0. The fraction of sp³-hybridized carbons (Fsp3) is 0.583. The summed E-state index contributed by atoms with van der Waals surface area (Å²) in [6, 6.07) is 0.493. The first kappa shape index (κ1) is 12.8. The molecule has 6 nitrogen and oxygen atoms in total. The zero-order valence-corrected chi connectivity index (χ0v) is 10.3. The van der Waals surface area contributed by atoms with Crippen molar-refractivity contribution in [1.82, 2.24) is 15.3 Å². The summed E-state index contributed by atoms with van der Waals surface area (Å²) in [7, 11) is 0. The smallest absolute Gasteiger partial charge is 0.272 e. The van der Waals surface area contributed by atoms with Gasteiger partial charge in [-0.3, -0.25) is 4.79 Å². The molecular formula is C12H18N4O2. The highest BCUT2D eigenvalue weighted by Gasteiger charge is 2.15. The molecule has 2 heterocycles. The van der Waals surface area contributed by atoms with Crippen molar-refractivity contribution in [1.29, 1.82) is 0 Å². The van der Waals surface area contributed by atoms with Crippen LogP contribution in [0.5, 0.6) is 5.88 Å². The van der Waals surface area contributed by atoms with Crippen LogP contribution in [0.25, 0.3) is 0 Å². The third kappa shape index (κ3) is 3.40. The number of nitrogens with two attached hydrogens (primary N) is 1. The van der Waals surface area contributed by atoms with E-state index >= 15 is 0 Å². The minimum Gasteiger partial charge on any atom is -0.476 e. The SMILES string of the molecule is NC(=O)c1nccnc1OCCC1CCCCN1. The van der Waals surface area contributed by atoms with Gasteiger partial charge in [-0.05, 0) is 25.8 Å². The van der Waals surface area contributed by atoms with Crippen LogP contribution in [0.1, 0.15) is 36.2 Å². The maximum Gasteiger partial charge on any atom is 0.272 e. The molecule has 18 heavy (non-hydrogen) atoms. The molecule has 3 N–H and O–H groups in total. The van der Waals surface area contributed by atoms with Gasteiger partial charge in [0.2, 0.25) is 5.88 Å². The Morgan fingerprint density at radius 1 is 1.44 bits per heavy atom. The highest BCUT2D eigenvalue weighted by Crippen LogP contribution is 2.13. The van der Waals surface area contributed by atoms with Gasteiger partial charge in [0, 0.05) is 18.4 Å². The number of carbonyl (C=O) groups is 1. The van der Waals surface area contributed by atoms with E-state index in [4.69, 9.17) is 10.5 Å². The second-order valence-electron chi connectivity index (χ2n) is 4.36. The summed E-state index contributed by atoms with van der Waals surface area (Å²) in [6.07, 6.45) is 7.49. The quantitative estimate of drug-likeness (QED) is 0.793. The summed E-state index contributed by atoms with van der Waals surface area (Å²) >= 11 is 0. The molecule has 1 atom stereocenters. The fourth-order valence-electron chi connectivity index (χ4n) is 2.07. The van der Waals surface area contributed by atoms with E-state index in [0.29, 0.717) is 12.6 Å². The first-order chi connectivity index (χ1) is 8.77. The molecule has 1 amide bonds. The van der Waals surface area contributed by atoms with E-state index in [1.165, 1.54) is 31.7 Å². The van der Waals surface area contributed by atoms with Gasteiger partial charge in [-0.1, -0.05) is 6.42 Å². The molecule has 1 fully saturated rings. The summed E-state index contributed by atoms with van der Waals surface area (Å²) in [4.78, 5) is 19.0. The number of nitrogens with one attached hydrogen (secondary N) is 1. The molecule has 1 aromatic heterocycles. The Bertz CT molecular complexity index is 405. The van der Waals surface area contributed by atoms with Crippen molar-refractivity contribution < 1.29 is 9.53 Å². The van der Waals surface area contributed by atoms with Crippen molar-refractivity contribution in [3.63, 3.8) is 0 Å². The van der Waals surface area contributed by atoms with Crippen molar-refractivity contribution in [2.75, 3.05) is 13.2 Å². The second kappa shape index (κ2) is 6.30. The zero-order valence-electron chi connectivity index (χ0n) is 10.3. The second-order valence-corrected chi connectivity index (χ2v) is 4.36. The molecule has 1 saturated heterocycles. The van der Waals surface area contributed by atoms with Gasteiger partial charge in [0.15, 0.2) is 5.69 Å². The molecule has 0 aliphatic carbocycles. The van der Waals surface area contributed by atoms with Crippen molar-refractivity contribution in [2.24, 2.45) is 5.73 Å². The molecule has 2 rings (SSSR count). The van der Waals surface area contributed by atoms with Crippen LogP contribution >= 0.6 is 0 Å². The van der Waals surface area contributed by atoms with Crippen LogP contribution in [0.3, 0.4) is 0 Å². The number of carbonyl (C=O) groups excluding carboxylic acids is 1. The van der Waals surface area contributed by atoms with E-state index in [0.717, 1.165) is 13.0 Å². The van der Waals surface area contributed by atoms with Gasteiger partial charge >= 0.3 is 0 Å². The molecule has 0 bridgehead atoms. The lowest BCUT2D eigenvalue weighted by Crippen LogP contribution is -2.35. The number of amides is 1. The number of nitrogens with zero attached hydrogens (tertiary/aromatic N) is 2. The molecule has 0 aromatic carbocycles. The predicted molar refractivity (Wildman–Crippen MR) is 66.3 cm³/mol. The average Bonchev–Trinajstić information content (AvgIpc) is 2.40. The minimum absolute atomic E-state index is 0.0918. The number of primary amides is 1. The topological polar surface area (TPSA) is 90.1 Å². The number of rotatable bonds is 5. The van der Waals surface area contributed by atoms with Crippen LogP contribution in [-0.2, 0) is 0 Å². The molecule has 0 radical (unpaired) electrons. The molecule has 0 spiro atoms. The lowest BCUT2D eigenvalue weighted by molar-refractivity contribution is 0.0989. The van der Waals surface area contributed by atoms with Gasteiger partial charge < -0.3 is 15.8 Å². The first-order valence-corrected chi connectivity index (χ1v) is 6.24. The van der Waals surface area contributed by atoms with E-state index < -0.39 is 5.91 Å². The monoisotopic (exact) mass is 250 g/mol. The summed E-state index contributed by atoms with van der Waals surface area (Å²) in [5.74, 6) is -0.394. The van der Waals surface area contributed by atoms with Crippen LogP contribution in [-0.4, -0.2) is 35.1 Å². The fourth-order valence-corrected chi connectivity index (χ4v) is 2.07. The highest BCUT2D eigenvalue weighted by atomic mass is 16.5. The Hall–Kier alpha value is -1.69. The molecule has 1 aromatic rings. The van der Waals surface area contributed by atoms with Crippen LogP contribution in [0, 0.1) is 0 Å². The van der Waals surface area contributed by atoms with Gasteiger partial charge in [-0.15, -0.1) is 0 Å². The molecule has 1 aliphatic heterocycles. The normalized spacial score (nSPS) is 19.4. The summed E-state index contributed by atoms with van der Waals surface area (Å²) in [5, 5.41) is 3.44. The van der Waals surface area contributed by atoms with Gasteiger partial charge in [-0.25, -0.2) is 9.97 Å². The number of aromatic nitrogens is 2. The predicted octanol–water partition coefficient (Wildman–Crippen LogP) is 0.486. The molecule has 1 unspecified atom stereocenters. The maximum absolute atomic E-state index is 11.1. The van der Waals surface area contributed by atoms with Crippen molar-refractivity contribution in [3.05, 3.63) is 18.1 Å². The average molecular weight is 250 g/mol. The Kier molecular flexibility index (Phi) is 4.46. The molecule has 1 aliphatic rings. The van der Waals surface area contributed by atoms with Crippen molar-refractivity contribution in [2.45, 2.75) is 31.7 Å². The van der Waals surface area contributed by atoms with E-state index in [2.05, 4.69) is 15.3 Å². The standard InChI is InChI=1S/C12H18N4O2/c13-11(17)10-12(16-7-6-15-10)18-8-4-9-3-1-2-5-14-9/h6-7,9,14H,1-5,8H2,(H2,13,17). The van der Waals surface area contributed by atoms with Crippen LogP contribution in [0.4, 0.5) is 0 Å². The summed E-state index contributed by atoms with van der Waals surface area (Å²) in [5.41, 5.74) is 5.29. The Morgan fingerprint density at radius 3 is 3.00 bits per heavy atom. The zero-order chi connectivity index (χ0) is 12.8. The number of hydrogen-bond donors (Lipinski definition) is 2. The molecular weight excluding hydrogens is 232 g/mol. The van der Waals surface area contributed by atoms with Crippen molar-refractivity contribution >= 4 is 5.91 Å². The number of piperidine rings is 1. The highest BCUT2D eigenvalue weighted by molar-refractivity contribution is 5.92. The van der Waals surface area contributed by atoms with E-state index in [1.807, 2.05) is 0 Å². The summed E-state index contributed by atoms with van der Waals surface area (Å²) in [6.45, 7) is 1.58. The van der Waals surface area contributed by atoms with Gasteiger partial charge in [-0.2, -0.15) is 0 Å². The minimum atomic E-state index is -0.617. The number of hydrogen-bond acceptors (Lipinski definition) is 5. The number of ether oxygens (including phenoxy) is 1. The Morgan fingerprint density at radius 2 is 2.28 bits per heavy atom. The van der Waals surface area contributed by atoms with E-state index in [9.17, 15) is 4.79 Å². The Balaban J connectivity index is 1.84. The summed E-state index contributed by atoms with van der Waals surface area (Å²) < 4.78 is 5.49. The van der Waals surface area contributed by atoms with E-state index in [1.54, 1.807) is 0 Å². The lowest BCUT2D eigenvalue weighted by Gasteiger charge is -2.23. The largest absolute Gasteiger partial charge is 0.476 e. The third-order valence-electron chi connectivity index (χ3n) is 3.02. The third-order valence-corrected chi connectivity index (χ3v) is 3.02. The molecule has 98 valence electrons.